The van der Waals surface area contributed by atoms with E-state index in [1.165, 1.54) is 6.07 Å². The summed E-state index contributed by atoms with van der Waals surface area (Å²) in [5.41, 5.74) is 3.66. The SMILES string of the molecule is C[C@H](N=C1NS(=O)(=O)c2ccccc21)C(=O)OCc1cn(-c2ccccc2)nc1-c1ccccc1. The van der Waals surface area contributed by atoms with Crippen LogP contribution in [0, 0.1) is 0 Å². The van der Waals surface area contributed by atoms with Gasteiger partial charge in [-0.25, -0.2) is 17.9 Å². The van der Waals surface area contributed by atoms with Crippen molar-refractivity contribution in [3.05, 3.63) is 102 Å². The van der Waals surface area contributed by atoms with Gasteiger partial charge >= 0.3 is 5.97 Å². The van der Waals surface area contributed by atoms with E-state index in [2.05, 4.69) is 9.71 Å². The minimum absolute atomic E-state index is 0.00655. The summed E-state index contributed by atoms with van der Waals surface area (Å²) in [4.78, 5) is 17.2. The molecule has 2 heterocycles. The zero-order valence-corrected chi connectivity index (χ0v) is 19.6. The number of ether oxygens (including phenoxy) is 1. The first kappa shape index (κ1) is 22.5. The molecule has 5 rings (SSSR count). The number of amidine groups is 1. The number of carbonyl (C=O) groups is 1. The van der Waals surface area contributed by atoms with Gasteiger partial charge in [-0.05, 0) is 31.2 Å². The number of benzene rings is 3. The smallest absolute Gasteiger partial charge is 0.330 e. The Morgan fingerprint density at radius 1 is 1.00 bits per heavy atom. The van der Waals surface area contributed by atoms with Crippen molar-refractivity contribution in [1.29, 1.82) is 0 Å². The lowest BCUT2D eigenvalue weighted by molar-refractivity contribution is -0.145. The number of esters is 1. The normalized spacial score (nSPS) is 15.9. The first-order chi connectivity index (χ1) is 16.9. The van der Waals surface area contributed by atoms with Crippen LogP contribution in [-0.2, 0) is 26.2 Å². The van der Waals surface area contributed by atoms with E-state index < -0.39 is 22.0 Å². The molecule has 1 aliphatic rings. The molecule has 1 atom stereocenters. The van der Waals surface area contributed by atoms with Gasteiger partial charge in [0.15, 0.2) is 0 Å². The van der Waals surface area contributed by atoms with Crippen LogP contribution in [0.15, 0.2) is 101 Å². The second-order valence-corrected chi connectivity index (χ2v) is 9.66. The Morgan fingerprint density at radius 3 is 2.40 bits per heavy atom. The average Bonchev–Trinajstić information content (AvgIpc) is 3.42. The van der Waals surface area contributed by atoms with Gasteiger partial charge in [-0.3, -0.25) is 9.71 Å². The Kier molecular flexibility index (Phi) is 5.92. The first-order valence-electron chi connectivity index (χ1n) is 11.0. The number of nitrogens with zero attached hydrogens (tertiary/aromatic N) is 3. The standard InChI is InChI=1S/C26H22N4O4S/c1-18(27-25-22-14-8-9-15-23(22)35(32,33)29-25)26(31)34-17-20-16-30(21-12-6-3-7-13-21)28-24(20)19-10-4-2-5-11-19/h2-16,18H,17H2,1H3,(H,27,29)/t18-/m0/s1. The van der Waals surface area contributed by atoms with E-state index in [1.54, 1.807) is 29.8 Å². The van der Waals surface area contributed by atoms with E-state index in [4.69, 9.17) is 9.84 Å². The molecular weight excluding hydrogens is 464 g/mol. The van der Waals surface area contributed by atoms with Crippen LogP contribution in [0.3, 0.4) is 0 Å². The second kappa shape index (κ2) is 9.19. The summed E-state index contributed by atoms with van der Waals surface area (Å²) in [7, 11) is -3.69. The minimum Gasteiger partial charge on any atom is -0.459 e. The summed E-state index contributed by atoms with van der Waals surface area (Å²) < 4.78 is 34.3. The van der Waals surface area contributed by atoms with Gasteiger partial charge in [0.25, 0.3) is 10.0 Å². The average molecular weight is 487 g/mol. The number of aliphatic imine (C=N–C) groups is 1. The number of sulfonamides is 1. The summed E-state index contributed by atoms with van der Waals surface area (Å²) in [6.07, 6.45) is 1.84. The van der Waals surface area contributed by atoms with Crippen molar-refractivity contribution >= 4 is 21.8 Å². The third-order valence-electron chi connectivity index (χ3n) is 5.55. The molecule has 0 unspecified atom stereocenters. The third kappa shape index (κ3) is 4.58. The van der Waals surface area contributed by atoms with E-state index in [1.807, 2.05) is 66.9 Å². The Hall–Kier alpha value is -4.24. The van der Waals surface area contributed by atoms with Crippen LogP contribution in [0.4, 0.5) is 0 Å². The molecule has 0 spiro atoms. The molecule has 0 aliphatic carbocycles. The number of para-hydroxylation sites is 1. The molecule has 176 valence electrons. The molecule has 0 saturated carbocycles. The van der Waals surface area contributed by atoms with Gasteiger partial charge in [0.1, 0.15) is 18.5 Å². The third-order valence-corrected chi connectivity index (χ3v) is 6.95. The number of aromatic nitrogens is 2. The van der Waals surface area contributed by atoms with Crippen LogP contribution in [0.25, 0.3) is 16.9 Å². The quantitative estimate of drug-likeness (QED) is 0.419. The predicted octanol–water partition coefficient (Wildman–Crippen LogP) is 3.71. The zero-order valence-electron chi connectivity index (χ0n) is 18.8. The van der Waals surface area contributed by atoms with E-state index in [-0.39, 0.29) is 17.3 Å². The summed E-state index contributed by atoms with van der Waals surface area (Å²) in [5.74, 6) is -0.445. The number of hydrogen-bond acceptors (Lipinski definition) is 6. The maximum absolute atomic E-state index is 12.8. The molecule has 1 aromatic heterocycles. The van der Waals surface area contributed by atoms with Crippen molar-refractivity contribution in [2.75, 3.05) is 0 Å². The highest BCUT2D eigenvalue weighted by atomic mass is 32.2. The van der Waals surface area contributed by atoms with Gasteiger partial charge in [0.05, 0.1) is 16.3 Å². The van der Waals surface area contributed by atoms with Gasteiger partial charge in [-0.1, -0.05) is 60.7 Å². The molecule has 1 aliphatic heterocycles. The maximum Gasteiger partial charge on any atom is 0.330 e. The van der Waals surface area contributed by atoms with Crippen LogP contribution in [0.1, 0.15) is 18.1 Å². The maximum atomic E-state index is 12.8. The molecule has 1 N–H and O–H groups in total. The van der Waals surface area contributed by atoms with Gasteiger partial charge in [-0.15, -0.1) is 0 Å². The molecule has 9 heteroatoms. The van der Waals surface area contributed by atoms with E-state index in [0.717, 1.165) is 16.8 Å². The fourth-order valence-corrected chi connectivity index (χ4v) is 5.05. The van der Waals surface area contributed by atoms with E-state index in [9.17, 15) is 13.2 Å². The van der Waals surface area contributed by atoms with E-state index in [0.29, 0.717) is 11.3 Å². The van der Waals surface area contributed by atoms with Crippen LogP contribution in [0.2, 0.25) is 0 Å². The topological polar surface area (TPSA) is 103 Å². The number of fused-ring (bicyclic) bond motifs is 1. The van der Waals surface area contributed by atoms with Crippen LogP contribution >= 0.6 is 0 Å². The number of nitrogens with one attached hydrogen (secondary N) is 1. The van der Waals surface area contributed by atoms with E-state index >= 15 is 0 Å². The fraction of sp³-hybridized carbons (Fsp3) is 0.115. The fourth-order valence-electron chi connectivity index (χ4n) is 3.81. The number of carbonyl (C=O) groups excluding carboxylic acids is 1. The van der Waals surface area contributed by atoms with Gasteiger partial charge in [0, 0.05) is 22.9 Å². The van der Waals surface area contributed by atoms with Gasteiger partial charge in [0.2, 0.25) is 0 Å². The van der Waals surface area contributed by atoms with Crippen molar-refractivity contribution in [2.45, 2.75) is 24.5 Å². The van der Waals surface area contributed by atoms with Crippen LogP contribution in [0.5, 0.6) is 0 Å². The summed E-state index contributed by atoms with van der Waals surface area (Å²) >= 11 is 0. The molecular formula is C26H22N4O4S. The van der Waals surface area contributed by atoms with Crippen molar-refractivity contribution in [1.82, 2.24) is 14.5 Å². The molecule has 0 bridgehead atoms. The van der Waals surface area contributed by atoms with Gasteiger partial charge < -0.3 is 4.74 Å². The summed E-state index contributed by atoms with van der Waals surface area (Å²) in [6, 6.07) is 24.9. The molecule has 0 amide bonds. The Morgan fingerprint density at radius 2 is 1.66 bits per heavy atom. The minimum atomic E-state index is -3.69. The highest BCUT2D eigenvalue weighted by Gasteiger charge is 2.31. The highest BCUT2D eigenvalue weighted by Crippen LogP contribution is 2.25. The largest absolute Gasteiger partial charge is 0.459 e. The van der Waals surface area contributed by atoms with Crippen molar-refractivity contribution in [3.8, 4) is 16.9 Å². The first-order valence-corrected chi connectivity index (χ1v) is 12.5. The number of rotatable bonds is 6. The zero-order chi connectivity index (χ0) is 24.4. The summed E-state index contributed by atoms with van der Waals surface area (Å²) in [6.45, 7) is 1.56. The molecule has 0 fully saturated rings. The highest BCUT2D eigenvalue weighted by molar-refractivity contribution is 7.90. The molecule has 0 saturated heterocycles. The van der Waals surface area contributed by atoms with Crippen LogP contribution < -0.4 is 4.72 Å². The summed E-state index contributed by atoms with van der Waals surface area (Å²) in [5, 5.41) is 4.72. The monoisotopic (exact) mass is 486 g/mol. The van der Waals surface area contributed by atoms with Gasteiger partial charge in [-0.2, -0.15) is 5.10 Å². The lowest BCUT2D eigenvalue weighted by Crippen LogP contribution is -2.26. The predicted molar refractivity (Wildman–Crippen MR) is 132 cm³/mol. The van der Waals surface area contributed by atoms with Crippen molar-refractivity contribution in [2.24, 2.45) is 4.99 Å². The Bertz CT molecular complexity index is 1510. The Labute approximate surface area is 203 Å². The van der Waals surface area contributed by atoms with Crippen LogP contribution in [-0.4, -0.2) is 36.0 Å². The van der Waals surface area contributed by atoms with Crippen molar-refractivity contribution in [3.63, 3.8) is 0 Å². The van der Waals surface area contributed by atoms with Crippen molar-refractivity contribution < 1.29 is 17.9 Å². The molecule has 4 aromatic rings. The number of hydrogen-bond donors (Lipinski definition) is 1. The molecule has 8 nitrogen and oxygen atoms in total. The Balaban J connectivity index is 1.37. The lowest BCUT2D eigenvalue weighted by Gasteiger charge is -2.09. The molecule has 0 radical (unpaired) electrons. The second-order valence-electron chi connectivity index (χ2n) is 8.01. The molecule has 35 heavy (non-hydrogen) atoms. The molecule has 3 aromatic carbocycles. The lowest BCUT2D eigenvalue weighted by atomic mass is 10.1.